The van der Waals surface area contributed by atoms with Crippen LogP contribution in [0.3, 0.4) is 0 Å². The Kier molecular flexibility index (Phi) is 4.89. The van der Waals surface area contributed by atoms with E-state index in [4.69, 9.17) is 0 Å². The van der Waals surface area contributed by atoms with Crippen molar-refractivity contribution in [3.05, 3.63) is 29.8 Å². The molecule has 3 rings (SSSR count). The Bertz CT molecular complexity index is 737. The molecule has 1 atom stereocenters. The fourth-order valence-electron chi connectivity index (χ4n) is 3.17. The van der Waals surface area contributed by atoms with Gasteiger partial charge in [-0.05, 0) is 33.1 Å². The van der Waals surface area contributed by atoms with Crippen molar-refractivity contribution in [3.63, 3.8) is 0 Å². The predicted molar refractivity (Wildman–Crippen MR) is 92.0 cm³/mol. The van der Waals surface area contributed by atoms with E-state index in [0.29, 0.717) is 24.2 Å². The molecule has 1 aliphatic heterocycles. The van der Waals surface area contributed by atoms with Crippen molar-refractivity contribution < 1.29 is 9.90 Å². The lowest BCUT2D eigenvalue weighted by molar-refractivity contribution is -0.0320. The first-order chi connectivity index (χ1) is 11.9. The number of hydrogen-bond donors (Lipinski definition) is 1. The molecule has 1 N–H and O–H groups in total. The molecule has 2 aromatic heterocycles. The van der Waals surface area contributed by atoms with Gasteiger partial charge >= 0.3 is 0 Å². The first kappa shape index (κ1) is 17.6. The van der Waals surface area contributed by atoms with Gasteiger partial charge in [0.1, 0.15) is 11.3 Å². The predicted octanol–water partition coefficient (Wildman–Crippen LogP) is 1.59. The van der Waals surface area contributed by atoms with E-state index < -0.39 is 5.60 Å². The monoisotopic (exact) mass is 346 g/mol. The first-order valence-corrected chi connectivity index (χ1v) is 8.89. The highest BCUT2D eigenvalue weighted by atomic mass is 16.3. The Morgan fingerprint density at radius 2 is 2.20 bits per heavy atom. The number of aliphatic hydroxyl groups is 1. The van der Waals surface area contributed by atoms with Gasteiger partial charge in [-0.25, -0.2) is 4.68 Å². The van der Waals surface area contributed by atoms with Crippen molar-refractivity contribution in [1.29, 1.82) is 0 Å². The quantitative estimate of drug-likeness (QED) is 0.888. The zero-order chi connectivity index (χ0) is 18.0. The molecule has 0 unspecified atom stereocenters. The molecule has 0 aromatic carbocycles. The van der Waals surface area contributed by atoms with Crippen molar-refractivity contribution in [2.24, 2.45) is 0 Å². The number of rotatable bonds is 5. The number of amides is 1. The second kappa shape index (κ2) is 6.95. The summed E-state index contributed by atoms with van der Waals surface area (Å²) in [7, 11) is 0. The third-order valence-corrected chi connectivity index (χ3v) is 4.61. The molecule has 1 amide bonds. The highest BCUT2D eigenvalue weighted by Crippen LogP contribution is 2.31. The lowest BCUT2D eigenvalue weighted by atomic mass is 9.89. The minimum atomic E-state index is -1.15. The molecule has 25 heavy (non-hydrogen) atoms. The van der Waals surface area contributed by atoms with E-state index >= 15 is 0 Å². The molecule has 1 aliphatic rings. The summed E-state index contributed by atoms with van der Waals surface area (Å²) in [6.07, 6.45) is 7.40. The van der Waals surface area contributed by atoms with Crippen LogP contribution < -0.4 is 0 Å². The van der Waals surface area contributed by atoms with Crippen LogP contribution in [0.2, 0.25) is 0 Å². The zero-order valence-electron chi connectivity index (χ0n) is 15.1. The number of carbonyl (C=O) groups is 1. The molecule has 8 heteroatoms. The molecule has 0 saturated carbocycles. The highest BCUT2D eigenvalue weighted by Gasteiger charge is 2.39. The van der Waals surface area contributed by atoms with Gasteiger partial charge < -0.3 is 10.0 Å². The van der Waals surface area contributed by atoms with E-state index in [2.05, 4.69) is 22.3 Å². The van der Waals surface area contributed by atoms with E-state index in [9.17, 15) is 9.90 Å². The van der Waals surface area contributed by atoms with Gasteiger partial charge in [-0.3, -0.25) is 9.48 Å². The van der Waals surface area contributed by atoms with Gasteiger partial charge in [0.05, 0.1) is 24.5 Å². The molecule has 1 saturated heterocycles. The molecule has 0 spiro atoms. The second-order valence-electron chi connectivity index (χ2n) is 7.03. The minimum absolute atomic E-state index is 0.100. The number of likely N-dealkylation sites (tertiary alicyclic amines) is 1. The van der Waals surface area contributed by atoms with Crippen LogP contribution in [-0.4, -0.2) is 53.8 Å². The topological polar surface area (TPSA) is 89.1 Å². The van der Waals surface area contributed by atoms with Crippen molar-refractivity contribution in [3.8, 4) is 0 Å². The fraction of sp³-hybridized carbons (Fsp3) is 0.647. The normalized spacial score (nSPS) is 21.1. The summed E-state index contributed by atoms with van der Waals surface area (Å²) < 4.78 is 3.50. The van der Waals surface area contributed by atoms with E-state index in [0.717, 1.165) is 19.4 Å². The number of hydrogen-bond acceptors (Lipinski definition) is 5. The molecule has 3 heterocycles. The fourth-order valence-corrected chi connectivity index (χ4v) is 3.17. The Hall–Kier alpha value is -2.22. The van der Waals surface area contributed by atoms with Crippen LogP contribution >= 0.6 is 0 Å². The average Bonchev–Trinajstić information content (AvgIpc) is 3.24. The molecule has 0 radical (unpaired) electrons. The van der Waals surface area contributed by atoms with E-state index in [1.807, 2.05) is 13.8 Å². The third-order valence-electron chi connectivity index (χ3n) is 4.61. The van der Waals surface area contributed by atoms with Gasteiger partial charge in [-0.1, -0.05) is 12.1 Å². The molecule has 0 bridgehead atoms. The minimum Gasteiger partial charge on any atom is -0.382 e. The number of aromatic nitrogens is 5. The van der Waals surface area contributed by atoms with Gasteiger partial charge in [0.2, 0.25) is 0 Å². The van der Waals surface area contributed by atoms with E-state index in [-0.39, 0.29) is 18.5 Å². The summed E-state index contributed by atoms with van der Waals surface area (Å²) in [6.45, 7) is 7.72. The second-order valence-corrected chi connectivity index (χ2v) is 7.03. The summed E-state index contributed by atoms with van der Waals surface area (Å²) in [6, 6.07) is 0.176. The molecular weight excluding hydrogens is 320 g/mol. The Morgan fingerprint density at radius 1 is 1.40 bits per heavy atom. The maximum absolute atomic E-state index is 12.8. The number of aryl methyl sites for hydroxylation is 1. The van der Waals surface area contributed by atoms with Gasteiger partial charge in [-0.15, -0.1) is 5.10 Å². The molecule has 8 nitrogen and oxygen atoms in total. The number of carbonyl (C=O) groups excluding carboxylic acids is 1. The van der Waals surface area contributed by atoms with Crippen LogP contribution in [0, 0.1) is 0 Å². The van der Waals surface area contributed by atoms with Crippen LogP contribution in [0.4, 0.5) is 0 Å². The SMILES string of the molecule is CCCn1cc(C(=O)N2CCC[C@@](O)(c3cn(C(C)C)nn3)C2)cn1. The summed E-state index contributed by atoms with van der Waals surface area (Å²) in [4.78, 5) is 14.5. The average molecular weight is 346 g/mol. The summed E-state index contributed by atoms with van der Waals surface area (Å²) in [5.41, 5.74) is -0.0654. The van der Waals surface area contributed by atoms with E-state index in [1.165, 1.54) is 0 Å². The number of nitrogens with zero attached hydrogens (tertiary/aromatic N) is 6. The number of piperidine rings is 1. The largest absolute Gasteiger partial charge is 0.382 e. The molecule has 1 fully saturated rings. The number of β-amino-alcohol motifs (C(OH)–C–C–N with tert-alkyl or cyclic N) is 1. The van der Waals surface area contributed by atoms with Crippen molar-refractivity contribution >= 4 is 5.91 Å². The Labute approximate surface area is 147 Å². The smallest absolute Gasteiger partial charge is 0.257 e. The van der Waals surface area contributed by atoms with Gasteiger partial charge in [0, 0.05) is 25.3 Å². The third kappa shape index (κ3) is 3.58. The molecular formula is C17H26N6O2. The zero-order valence-corrected chi connectivity index (χ0v) is 15.1. The Balaban J connectivity index is 1.75. The van der Waals surface area contributed by atoms with Gasteiger partial charge in [0.25, 0.3) is 5.91 Å². The summed E-state index contributed by atoms with van der Waals surface area (Å²) in [5.74, 6) is -0.100. The van der Waals surface area contributed by atoms with Gasteiger partial charge in [0.15, 0.2) is 0 Å². The summed E-state index contributed by atoms with van der Waals surface area (Å²) >= 11 is 0. The highest BCUT2D eigenvalue weighted by molar-refractivity contribution is 5.93. The lowest BCUT2D eigenvalue weighted by Crippen LogP contribution is -2.48. The standard InChI is InChI=1S/C17H26N6O2/c1-4-7-22-10-14(9-18-22)16(24)21-8-5-6-17(25,12-21)15-11-23(13(2)3)20-19-15/h9-11,13,25H,4-8,12H2,1-3H3/t17-/m0/s1. The lowest BCUT2D eigenvalue weighted by Gasteiger charge is -2.37. The first-order valence-electron chi connectivity index (χ1n) is 8.89. The maximum Gasteiger partial charge on any atom is 0.257 e. The summed E-state index contributed by atoms with van der Waals surface area (Å²) in [5, 5.41) is 23.5. The van der Waals surface area contributed by atoms with Crippen molar-refractivity contribution in [1.82, 2.24) is 29.7 Å². The van der Waals surface area contributed by atoms with Crippen LogP contribution in [0.5, 0.6) is 0 Å². The molecule has 0 aliphatic carbocycles. The van der Waals surface area contributed by atoms with Gasteiger partial charge in [-0.2, -0.15) is 5.10 Å². The van der Waals surface area contributed by atoms with Crippen LogP contribution in [0.15, 0.2) is 18.6 Å². The van der Waals surface area contributed by atoms with Crippen LogP contribution in [-0.2, 0) is 12.1 Å². The Morgan fingerprint density at radius 3 is 2.88 bits per heavy atom. The molecule has 2 aromatic rings. The van der Waals surface area contributed by atoms with Crippen LogP contribution in [0.25, 0.3) is 0 Å². The van der Waals surface area contributed by atoms with E-state index in [1.54, 1.807) is 32.9 Å². The van der Waals surface area contributed by atoms with Crippen LogP contribution in [0.1, 0.15) is 62.1 Å². The van der Waals surface area contributed by atoms with Crippen molar-refractivity contribution in [2.45, 2.75) is 58.2 Å². The molecule has 136 valence electrons. The maximum atomic E-state index is 12.8. The van der Waals surface area contributed by atoms with Crippen molar-refractivity contribution in [2.75, 3.05) is 13.1 Å².